The molecule has 2 aliphatic rings. The highest BCUT2D eigenvalue weighted by Gasteiger charge is 2.38. The van der Waals surface area contributed by atoms with Crippen LogP contribution in [0.4, 0.5) is 13.2 Å². The van der Waals surface area contributed by atoms with Gasteiger partial charge in [-0.15, -0.1) is 0 Å². The van der Waals surface area contributed by atoms with Crippen LogP contribution in [0.25, 0.3) is 11.1 Å². The molecule has 2 atom stereocenters. The quantitative estimate of drug-likeness (QED) is 0.281. The zero-order valence-corrected chi connectivity index (χ0v) is 23.1. The van der Waals surface area contributed by atoms with E-state index in [4.69, 9.17) is 19.3 Å². The van der Waals surface area contributed by atoms with Crippen LogP contribution in [-0.4, -0.2) is 44.7 Å². The summed E-state index contributed by atoms with van der Waals surface area (Å²) in [7, 11) is -3.10. The normalized spacial score (nSPS) is 18.0. The maximum Gasteiger partial charge on any atom is 0.417 e. The van der Waals surface area contributed by atoms with Gasteiger partial charge in [0.1, 0.15) is 33.2 Å². The molecule has 3 aromatic rings. The summed E-state index contributed by atoms with van der Waals surface area (Å²) in [6.07, 6.45) is -2.72. The molecule has 11 heteroatoms. The van der Waals surface area contributed by atoms with Gasteiger partial charge in [-0.2, -0.15) is 13.2 Å². The summed E-state index contributed by atoms with van der Waals surface area (Å²) in [6.45, 7) is 0.444. The third-order valence-electron chi connectivity index (χ3n) is 7.29. The minimum atomic E-state index is -4.56. The summed E-state index contributed by atoms with van der Waals surface area (Å²) >= 11 is 0. The summed E-state index contributed by atoms with van der Waals surface area (Å²) in [5.74, 6) is 0.332. The number of halogens is 3. The molecule has 1 N–H and O–H groups in total. The Morgan fingerprint density at radius 2 is 1.76 bits per heavy atom. The van der Waals surface area contributed by atoms with Crippen LogP contribution < -0.4 is 14.2 Å². The van der Waals surface area contributed by atoms with Crippen LogP contribution in [0.2, 0.25) is 0 Å². The summed E-state index contributed by atoms with van der Waals surface area (Å²) in [4.78, 5) is 11.1. The summed E-state index contributed by atoms with van der Waals surface area (Å²) in [5, 5.41) is 9.12. The average Bonchev–Trinajstić information content (AvgIpc) is 3.49. The van der Waals surface area contributed by atoms with Crippen LogP contribution >= 0.6 is 0 Å². The van der Waals surface area contributed by atoms with Gasteiger partial charge in [0.15, 0.2) is 0 Å². The van der Waals surface area contributed by atoms with Crippen LogP contribution in [0, 0.1) is 0 Å². The van der Waals surface area contributed by atoms with Crippen LogP contribution in [0.3, 0.4) is 0 Å². The second kappa shape index (κ2) is 11.3. The fourth-order valence-electron chi connectivity index (χ4n) is 5.46. The summed E-state index contributed by atoms with van der Waals surface area (Å²) < 4.78 is 82.4. The molecule has 0 amide bonds. The molecule has 218 valence electrons. The lowest BCUT2D eigenvalue weighted by Gasteiger charge is -2.20. The van der Waals surface area contributed by atoms with Gasteiger partial charge in [0.05, 0.1) is 31.0 Å². The molecule has 1 aliphatic heterocycles. The minimum Gasteiger partial charge on any atom is -0.494 e. The van der Waals surface area contributed by atoms with Gasteiger partial charge in [-0.25, -0.2) is 8.42 Å². The Morgan fingerprint density at radius 1 is 1.05 bits per heavy atom. The maximum atomic E-state index is 14.1. The van der Waals surface area contributed by atoms with Crippen molar-refractivity contribution in [2.24, 2.45) is 0 Å². The number of fused-ring (bicyclic) bond motifs is 2. The van der Waals surface area contributed by atoms with Gasteiger partial charge in [0.25, 0.3) is 0 Å². The van der Waals surface area contributed by atoms with Crippen molar-refractivity contribution in [3.05, 3.63) is 76.9 Å². The van der Waals surface area contributed by atoms with Crippen molar-refractivity contribution in [1.82, 2.24) is 0 Å². The van der Waals surface area contributed by atoms with Crippen LogP contribution in [0.15, 0.2) is 54.6 Å². The van der Waals surface area contributed by atoms with E-state index >= 15 is 0 Å². The van der Waals surface area contributed by atoms with E-state index in [-0.39, 0.29) is 36.9 Å². The molecule has 0 spiro atoms. The minimum absolute atomic E-state index is 0.0108. The number of alkyl halides is 3. The Balaban J connectivity index is 1.37. The molecule has 1 heterocycles. The highest BCUT2D eigenvalue weighted by atomic mass is 32.2. The standard InChI is InChI=1S/C30H29F3O7S/c1-41(36,37)14-2-13-38-20-5-3-18(4-6-20)29-24-10-12-26(23(24)9-11-25(29)30(31,32)33)40-21-7-8-22-19(15-28(34)35)17-39-27(22)16-21/h3-9,11,16,19,26H,2,10,12-15,17H2,1H3,(H,34,35). The predicted octanol–water partition coefficient (Wildman–Crippen LogP) is 6.20. The predicted molar refractivity (Wildman–Crippen MR) is 145 cm³/mol. The Labute approximate surface area is 235 Å². The van der Waals surface area contributed by atoms with E-state index < -0.39 is 33.7 Å². The number of hydrogen-bond acceptors (Lipinski definition) is 6. The van der Waals surface area contributed by atoms with Crippen molar-refractivity contribution >= 4 is 15.8 Å². The first-order valence-corrected chi connectivity index (χ1v) is 15.2. The highest BCUT2D eigenvalue weighted by molar-refractivity contribution is 7.90. The molecule has 0 bridgehead atoms. The molecule has 5 rings (SSSR count). The summed E-state index contributed by atoms with van der Waals surface area (Å²) in [6, 6.07) is 14.1. The molecule has 2 unspecified atom stereocenters. The molecule has 7 nitrogen and oxygen atoms in total. The number of hydrogen-bond donors (Lipinski definition) is 1. The fraction of sp³-hybridized carbons (Fsp3) is 0.367. The van der Waals surface area contributed by atoms with Gasteiger partial charge in [-0.05, 0) is 65.8 Å². The van der Waals surface area contributed by atoms with Crippen molar-refractivity contribution in [1.29, 1.82) is 0 Å². The number of aliphatic carboxylic acids is 1. The number of carboxylic acid groups (broad SMARTS) is 1. The second-order valence-corrected chi connectivity index (χ2v) is 12.6. The first-order chi connectivity index (χ1) is 19.4. The molecule has 0 aromatic heterocycles. The largest absolute Gasteiger partial charge is 0.494 e. The van der Waals surface area contributed by atoms with E-state index in [1.807, 2.05) is 0 Å². The van der Waals surface area contributed by atoms with Crippen molar-refractivity contribution in [2.75, 3.05) is 25.2 Å². The molecule has 0 radical (unpaired) electrons. The number of carbonyl (C=O) groups is 1. The van der Waals surface area contributed by atoms with Gasteiger partial charge in [0, 0.05) is 23.8 Å². The second-order valence-electron chi connectivity index (χ2n) is 10.4. The maximum absolute atomic E-state index is 14.1. The molecule has 3 aromatic carbocycles. The Morgan fingerprint density at radius 3 is 2.44 bits per heavy atom. The first kappa shape index (κ1) is 28.8. The van der Waals surface area contributed by atoms with Crippen LogP contribution in [-0.2, 0) is 27.2 Å². The lowest BCUT2D eigenvalue weighted by molar-refractivity contribution is -0.138. The van der Waals surface area contributed by atoms with Crippen molar-refractivity contribution in [3.63, 3.8) is 0 Å². The Hall–Kier alpha value is -3.73. The van der Waals surface area contributed by atoms with Gasteiger partial charge in [-0.1, -0.05) is 24.3 Å². The summed E-state index contributed by atoms with van der Waals surface area (Å²) in [5.41, 5.74) is 1.83. The van der Waals surface area contributed by atoms with Gasteiger partial charge >= 0.3 is 12.1 Å². The molecule has 0 saturated carbocycles. The molecular formula is C30H29F3O7S. The van der Waals surface area contributed by atoms with Gasteiger partial charge < -0.3 is 19.3 Å². The zero-order valence-electron chi connectivity index (χ0n) is 22.2. The molecule has 0 fully saturated rings. The van der Waals surface area contributed by atoms with E-state index in [1.54, 1.807) is 42.5 Å². The monoisotopic (exact) mass is 590 g/mol. The topological polar surface area (TPSA) is 99.1 Å². The Bertz CT molecular complexity index is 1550. The third kappa shape index (κ3) is 6.61. The molecule has 1 aliphatic carbocycles. The lowest BCUT2D eigenvalue weighted by atomic mass is 9.91. The molecule has 0 saturated heterocycles. The van der Waals surface area contributed by atoms with Crippen LogP contribution in [0.5, 0.6) is 17.2 Å². The number of ether oxygens (including phenoxy) is 3. The Kier molecular flexibility index (Phi) is 7.91. The van der Waals surface area contributed by atoms with Crippen molar-refractivity contribution < 1.29 is 45.7 Å². The van der Waals surface area contributed by atoms with E-state index in [0.29, 0.717) is 53.2 Å². The van der Waals surface area contributed by atoms with Crippen LogP contribution in [0.1, 0.15) is 53.5 Å². The SMILES string of the molecule is CS(=O)(=O)CCCOc1ccc(-c2c(C(F)(F)F)ccc3c2CCC3Oc2ccc3c(c2)OCC3CC(=O)O)cc1. The number of sulfone groups is 1. The highest BCUT2D eigenvalue weighted by Crippen LogP contribution is 2.47. The van der Waals surface area contributed by atoms with Crippen molar-refractivity contribution in [2.45, 2.75) is 43.9 Å². The number of rotatable bonds is 10. The van der Waals surface area contributed by atoms with Crippen molar-refractivity contribution in [3.8, 4) is 28.4 Å². The van der Waals surface area contributed by atoms with E-state index in [2.05, 4.69) is 0 Å². The number of benzene rings is 3. The first-order valence-electron chi connectivity index (χ1n) is 13.2. The zero-order chi connectivity index (χ0) is 29.4. The average molecular weight is 591 g/mol. The third-order valence-corrected chi connectivity index (χ3v) is 8.32. The molecular weight excluding hydrogens is 561 g/mol. The van der Waals surface area contributed by atoms with Gasteiger partial charge in [0.2, 0.25) is 0 Å². The lowest BCUT2D eigenvalue weighted by Crippen LogP contribution is -2.10. The van der Waals surface area contributed by atoms with E-state index in [0.717, 1.165) is 17.9 Å². The van der Waals surface area contributed by atoms with E-state index in [1.165, 1.54) is 6.07 Å². The van der Waals surface area contributed by atoms with Gasteiger partial charge in [-0.3, -0.25) is 4.79 Å². The van der Waals surface area contributed by atoms with E-state index in [9.17, 15) is 26.4 Å². The number of carboxylic acids is 1. The fourth-order valence-corrected chi connectivity index (χ4v) is 6.10. The smallest absolute Gasteiger partial charge is 0.417 e. The molecule has 41 heavy (non-hydrogen) atoms.